The molecule has 4 nitrogen and oxygen atoms in total. The maximum atomic E-state index is 11.9. The van der Waals surface area contributed by atoms with Gasteiger partial charge in [-0.3, -0.25) is 9.59 Å². The quantitative estimate of drug-likeness (QED) is 0.849. The lowest BCUT2D eigenvalue weighted by molar-refractivity contribution is -0.130. The van der Waals surface area contributed by atoms with E-state index in [2.05, 4.69) is 5.32 Å². The lowest BCUT2D eigenvalue weighted by Crippen LogP contribution is -2.33. The summed E-state index contributed by atoms with van der Waals surface area (Å²) in [6, 6.07) is 1.95. The molecule has 1 aliphatic heterocycles. The van der Waals surface area contributed by atoms with E-state index in [9.17, 15) is 9.59 Å². The molecule has 1 aromatic heterocycles. The summed E-state index contributed by atoms with van der Waals surface area (Å²) in [5.41, 5.74) is 1.02. The molecule has 0 radical (unpaired) electrons. The summed E-state index contributed by atoms with van der Waals surface area (Å²) < 4.78 is 0. The van der Waals surface area contributed by atoms with E-state index in [0.717, 1.165) is 49.2 Å². The molecule has 1 fully saturated rings. The highest BCUT2D eigenvalue weighted by atomic mass is 32.1. The van der Waals surface area contributed by atoms with Crippen LogP contribution < -0.4 is 5.32 Å². The van der Waals surface area contributed by atoms with Crippen molar-refractivity contribution in [3.05, 3.63) is 21.9 Å². The van der Waals surface area contributed by atoms with Gasteiger partial charge in [-0.05, 0) is 43.2 Å². The number of aryl methyl sites for hydroxylation is 1. The van der Waals surface area contributed by atoms with Gasteiger partial charge in [-0.25, -0.2) is 0 Å². The van der Waals surface area contributed by atoms with E-state index in [1.165, 1.54) is 11.3 Å². The van der Waals surface area contributed by atoms with Gasteiger partial charge in [0.05, 0.1) is 4.88 Å². The Morgan fingerprint density at radius 3 is 3.00 bits per heavy atom. The van der Waals surface area contributed by atoms with Crippen LogP contribution in [0.2, 0.25) is 0 Å². The molecule has 0 unspecified atom stereocenters. The molecular formula is C15H22N2O2S. The minimum absolute atomic E-state index is 0.000284. The number of carbonyl (C=O) groups excluding carboxylic acids is 2. The summed E-state index contributed by atoms with van der Waals surface area (Å²) in [5, 5.41) is 4.86. The molecule has 2 rings (SSSR count). The number of likely N-dealkylation sites (tertiary alicyclic amines) is 1. The lowest BCUT2D eigenvalue weighted by Gasteiger charge is -2.20. The Hall–Kier alpha value is -1.36. The Labute approximate surface area is 124 Å². The minimum atomic E-state index is -0.000284. The first-order valence-electron chi connectivity index (χ1n) is 7.28. The van der Waals surface area contributed by atoms with Gasteiger partial charge in [-0.15, -0.1) is 11.3 Å². The number of nitrogens with one attached hydrogen (secondary N) is 1. The van der Waals surface area contributed by atoms with E-state index < -0.39 is 0 Å². The largest absolute Gasteiger partial charge is 0.351 e. The van der Waals surface area contributed by atoms with Gasteiger partial charge in [0.1, 0.15) is 0 Å². The second kappa shape index (κ2) is 7.43. The second-order valence-corrected chi connectivity index (χ2v) is 6.15. The van der Waals surface area contributed by atoms with Crippen molar-refractivity contribution >= 4 is 23.2 Å². The molecule has 2 heterocycles. The van der Waals surface area contributed by atoms with Crippen LogP contribution in [0.25, 0.3) is 0 Å². The van der Waals surface area contributed by atoms with E-state index in [1.807, 2.05) is 23.3 Å². The van der Waals surface area contributed by atoms with Gasteiger partial charge < -0.3 is 10.2 Å². The SMILES string of the molecule is Cc1ccsc1C(=O)NCCCN1CCCCCC1=O. The molecule has 20 heavy (non-hydrogen) atoms. The number of hydrogen-bond acceptors (Lipinski definition) is 3. The first-order chi connectivity index (χ1) is 9.68. The molecule has 0 spiro atoms. The third-order valence-electron chi connectivity index (χ3n) is 3.63. The highest BCUT2D eigenvalue weighted by Gasteiger charge is 2.16. The summed E-state index contributed by atoms with van der Waals surface area (Å²) in [4.78, 5) is 26.5. The average molecular weight is 294 g/mol. The molecule has 0 aliphatic carbocycles. The van der Waals surface area contributed by atoms with Crippen LogP contribution in [0.5, 0.6) is 0 Å². The Balaban J connectivity index is 1.69. The molecule has 0 saturated carbocycles. The second-order valence-electron chi connectivity index (χ2n) is 5.23. The van der Waals surface area contributed by atoms with Crippen LogP contribution in [-0.2, 0) is 4.79 Å². The summed E-state index contributed by atoms with van der Waals surface area (Å²) in [5.74, 6) is 0.266. The molecule has 2 amide bonds. The summed E-state index contributed by atoms with van der Waals surface area (Å²) in [7, 11) is 0. The first kappa shape index (κ1) is 15.0. The van der Waals surface area contributed by atoms with E-state index in [0.29, 0.717) is 13.0 Å². The van der Waals surface area contributed by atoms with Crippen molar-refractivity contribution < 1.29 is 9.59 Å². The summed E-state index contributed by atoms with van der Waals surface area (Å²) in [6.45, 7) is 4.20. The summed E-state index contributed by atoms with van der Waals surface area (Å²) >= 11 is 1.47. The zero-order valence-corrected chi connectivity index (χ0v) is 12.8. The van der Waals surface area contributed by atoms with Gasteiger partial charge in [0.15, 0.2) is 0 Å². The van der Waals surface area contributed by atoms with Gasteiger partial charge in [0, 0.05) is 26.1 Å². The maximum absolute atomic E-state index is 11.9. The van der Waals surface area contributed by atoms with Crippen LogP contribution in [0.15, 0.2) is 11.4 Å². The fourth-order valence-electron chi connectivity index (χ4n) is 2.43. The van der Waals surface area contributed by atoms with Crippen LogP contribution >= 0.6 is 11.3 Å². The van der Waals surface area contributed by atoms with Crippen LogP contribution in [0.1, 0.15) is 47.3 Å². The smallest absolute Gasteiger partial charge is 0.261 e. The first-order valence-corrected chi connectivity index (χ1v) is 8.16. The summed E-state index contributed by atoms with van der Waals surface area (Å²) in [6.07, 6.45) is 4.77. The topological polar surface area (TPSA) is 49.4 Å². The molecule has 5 heteroatoms. The molecule has 0 atom stereocenters. The van der Waals surface area contributed by atoms with Gasteiger partial charge in [0.2, 0.25) is 5.91 Å². The fraction of sp³-hybridized carbons (Fsp3) is 0.600. The van der Waals surface area contributed by atoms with Gasteiger partial charge in [-0.1, -0.05) is 6.42 Å². The zero-order chi connectivity index (χ0) is 14.4. The number of thiophene rings is 1. The maximum Gasteiger partial charge on any atom is 0.261 e. The van der Waals surface area contributed by atoms with Crippen molar-refractivity contribution in [2.24, 2.45) is 0 Å². The predicted molar refractivity (Wildman–Crippen MR) is 81.1 cm³/mol. The van der Waals surface area contributed by atoms with Crippen LogP contribution in [-0.4, -0.2) is 36.3 Å². The number of carbonyl (C=O) groups is 2. The zero-order valence-electron chi connectivity index (χ0n) is 12.0. The standard InChI is InChI=1S/C15H22N2O2S/c1-12-7-11-20-14(12)15(19)16-8-5-10-17-9-4-2-3-6-13(17)18/h7,11H,2-6,8-10H2,1H3,(H,16,19). The molecule has 0 aromatic carbocycles. The molecule has 1 aliphatic rings. The van der Waals surface area contributed by atoms with E-state index >= 15 is 0 Å². The van der Waals surface area contributed by atoms with Crippen molar-refractivity contribution in [3.8, 4) is 0 Å². The van der Waals surface area contributed by atoms with Crippen molar-refractivity contribution in [2.75, 3.05) is 19.6 Å². The molecule has 0 bridgehead atoms. The Morgan fingerprint density at radius 2 is 2.25 bits per heavy atom. The number of amides is 2. The fourth-order valence-corrected chi connectivity index (χ4v) is 3.27. The molecule has 1 saturated heterocycles. The normalized spacial score (nSPS) is 16.1. The van der Waals surface area contributed by atoms with Gasteiger partial charge in [0.25, 0.3) is 5.91 Å². The van der Waals surface area contributed by atoms with Gasteiger partial charge >= 0.3 is 0 Å². The molecule has 110 valence electrons. The van der Waals surface area contributed by atoms with E-state index in [4.69, 9.17) is 0 Å². The molecular weight excluding hydrogens is 272 g/mol. The lowest BCUT2D eigenvalue weighted by atomic mass is 10.2. The minimum Gasteiger partial charge on any atom is -0.351 e. The average Bonchev–Trinajstić information content (AvgIpc) is 2.75. The van der Waals surface area contributed by atoms with Crippen molar-refractivity contribution in [1.29, 1.82) is 0 Å². The Bertz CT molecular complexity index is 470. The highest BCUT2D eigenvalue weighted by Crippen LogP contribution is 2.15. The van der Waals surface area contributed by atoms with E-state index in [-0.39, 0.29) is 11.8 Å². The van der Waals surface area contributed by atoms with Crippen LogP contribution in [0.4, 0.5) is 0 Å². The van der Waals surface area contributed by atoms with Crippen molar-refractivity contribution in [2.45, 2.75) is 39.0 Å². The number of hydrogen-bond donors (Lipinski definition) is 1. The molecule has 1 N–H and O–H groups in total. The van der Waals surface area contributed by atoms with Gasteiger partial charge in [-0.2, -0.15) is 0 Å². The predicted octanol–water partition coefficient (Wildman–Crippen LogP) is 2.58. The van der Waals surface area contributed by atoms with Crippen molar-refractivity contribution in [1.82, 2.24) is 10.2 Å². The molecule has 1 aromatic rings. The Kier molecular flexibility index (Phi) is 5.59. The van der Waals surface area contributed by atoms with Crippen LogP contribution in [0, 0.1) is 6.92 Å². The van der Waals surface area contributed by atoms with Crippen molar-refractivity contribution in [3.63, 3.8) is 0 Å². The number of rotatable bonds is 5. The van der Waals surface area contributed by atoms with E-state index in [1.54, 1.807) is 0 Å². The Morgan fingerprint density at radius 1 is 1.40 bits per heavy atom. The third kappa shape index (κ3) is 4.07. The third-order valence-corrected chi connectivity index (χ3v) is 4.65. The number of nitrogens with zero attached hydrogens (tertiary/aromatic N) is 1. The highest BCUT2D eigenvalue weighted by molar-refractivity contribution is 7.12. The van der Waals surface area contributed by atoms with Crippen LogP contribution in [0.3, 0.4) is 0 Å². The monoisotopic (exact) mass is 294 g/mol.